The Balaban J connectivity index is 1.58. The molecule has 0 aromatic heterocycles. The van der Waals surface area contributed by atoms with Crippen LogP contribution in [0.1, 0.15) is 37.7 Å². The first-order valence-electron chi connectivity index (χ1n) is 8.96. The van der Waals surface area contributed by atoms with Gasteiger partial charge in [0.1, 0.15) is 5.75 Å². The summed E-state index contributed by atoms with van der Waals surface area (Å²) in [5, 5.41) is 6.08. The highest BCUT2D eigenvalue weighted by atomic mass is 16.5. The standard InChI is InChI=1S/C19H28N2O3/c1-23-17-6-4-5-16(11-17)19(8-2-3-9-19)14-21-18(22)20-12-15-7-10-24-13-15/h4-6,11,15H,2-3,7-10,12-14H2,1H3,(H2,20,21,22)/t15-/m0/s1. The molecule has 5 nitrogen and oxygen atoms in total. The molecule has 1 heterocycles. The normalized spacial score (nSPS) is 22.3. The van der Waals surface area contributed by atoms with Gasteiger partial charge in [-0.05, 0) is 37.0 Å². The Kier molecular flexibility index (Phi) is 5.61. The van der Waals surface area contributed by atoms with Gasteiger partial charge in [-0.15, -0.1) is 0 Å². The molecule has 0 spiro atoms. The van der Waals surface area contributed by atoms with Crippen LogP contribution in [0.2, 0.25) is 0 Å². The van der Waals surface area contributed by atoms with Crippen molar-refractivity contribution >= 4 is 6.03 Å². The van der Waals surface area contributed by atoms with Crippen molar-refractivity contribution in [3.8, 4) is 5.75 Å². The van der Waals surface area contributed by atoms with Crippen LogP contribution in [0.15, 0.2) is 24.3 Å². The van der Waals surface area contributed by atoms with E-state index < -0.39 is 0 Å². The van der Waals surface area contributed by atoms with Gasteiger partial charge in [-0.1, -0.05) is 25.0 Å². The highest BCUT2D eigenvalue weighted by Gasteiger charge is 2.36. The Morgan fingerprint density at radius 3 is 2.88 bits per heavy atom. The Morgan fingerprint density at radius 1 is 1.33 bits per heavy atom. The third-order valence-electron chi connectivity index (χ3n) is 5.41. The first-order chi connectivity index (χ1) is 11.7. The van der Waals surface area contributed by atoms with Crippen LogP contribution in [-0.4, -0.2) is 39.4 Å². The predicted octanol–water partition coefficient (Wildman–Crippen LogP) is 2.84. The Bertz CT molecular complexity index is 549. The molecule has 2 fully saturated rings. The molecule has 2 N–H and O–H groups in total. The molecule has 0 bridgehead atoms. The molecule has 24 heavy (non-hydrogen) atoms. The summed E-state index contributed by atoms with van der Waals surface area (Å²) >= 11 is 0. The maximum Gasteiger partial charge on any atom is 0.314 e. The number of carbonyl (C=O) groups excluding carboxylic acids is 1. The number of amides is 2. The van der Waals surface area contributed by atoms with Crippen molar-refractivity contribution in [2.75, 3.05) is 33.4 Å². The second-order valence-corrected chi connectivity index (χ2v) is 7.01. The van der Waals surface area contributed by atoms with Gasteiger partial charge in [0.15, 0.2) is 0 Å². The summed E-state index contributed by atoms with van der Waals surface area (Å²) in [6.07, 6.45) is 5.67. The SMILES string of the molecule is COc1cccc(C2(CNC(=O)NC[C@@H]3CCOC3)CCCC2)c1. The quantitative estimate of drug-likeness (QED) is 0.842. The van der Waals surface area contributed by atoms with Crippen LogP contribution < -0.4 is 15.4 Å². The van der Waals surface area contributed by atoms with Crippen LogP contribution in [0.4, 0.5) is 4.79 Å². The van der Waals surface area contributed by atoms with Crippen LogP contribution in [0.25, 0.3) is 0 Å². The van der Waals surface area contributed by atoms with Gasteiger partial charge in [0, 0.05) is 31.0 Å². The maximum atomic E-state index is 12.2. The second kappa shape index (κ2) is 7.88. The highest BCUT2D eigenvalue weighted by Crippen LogP contribution is 2.41. The van der Waals surface area contributed by atoms with E-state index in [4.69, 9.17) is 9.47 Å². The van der Waals surface area contributed by atoms with E-state index in [9.17, 15) is 4.79 Å². The number of carbonyl (C=O) groups is 1. The first-order valence-corrected chi connectivity index (χ1v) is 8.96. The molecule has 1 aromatic rings. The van der Waals surface area contributed by atoms with Gasteiger partial charge in [-0.3, -0.25) is 0 Å². The lowest BCUT2D eigenvalue weighted by Crippen LogP contribution is -2.44. The van der Waals surface area contributed by atoms with Crippen molar-refractivity contribution in [3.05, 3.63) is 29.8 Å². The van der Waals surface area contributed by atoms with E-state index >= 15 is 0 Å². The fourth-order valence-electron chi connectivity index (χ4n) is 3.87. The van der Waals surface area contributed by atoms with E-state index in [1.54, 1.807) is 7.11 Å². The predicted molar refractivity (Wildman–Crippen MR) is 93.5 cm³/mol. The molecule has 1 aromatic carbocycles. The first kappa shape index (κ1) is 17.1. The van der Waals surface area contributed by atoms with Crippen molar-refractivity contribution in [3.63, 3.8) is 0 Å². The van der Waals surface area contributed by atoms with E-state index in [-0.39, 0.29) is 11.4 Å². The van der Waals surface area contributed by atoms with Crippen molar-refractivity contribution in [2.24, 2.45) is 5.92 Å². The average molecular weight is 332 g/mol. The highest BCUT2D eigenvalue weighted by molar-refractivity contribution is 5.74. The number of ether oxygens (including phenoxy) is 2. The number of hydrogen-bond donors (Lipinski definition) is 2. The van der Waals surface area contributed by atoms with Crippen LogP contribution in [0.3, 0.4) is 0 Å². The monoisotopic (exact) mass is 332 g/mol. The van der Waals surface area contributed by atoms with Crippen molar-refractivity contribution in [2.45, 2.75) is 37.5 Å². The number of methoxy groups -OCH3 is 1. The zero-order valence-electron chi connectivity index (χ0n) is 14.5. The largest absolute Gasteiger partial charge is 0.497 e. The molecule has 1 aliphatic carbocycles. The molecule has 1 saturated carbocycles. The van der Waals surface area contributed by atoms with E-state index in [0.717, 1.165) is 38.2 Å². The van der Waals surface area contributed by atoms with Gasteiger partial charge < -0.3 is 20.1 Å². The van der Waals surface area contributed by atoms with Gasteiger partial charge in [0.25, 0.3) is 0 Å². The lowest BCUT2D eigenvalue weighted by atomic mass is 9.78. The van der Waals surface area contributed by atoms with E-state index in [1.807, 2.05) is 12.1 Å². The van der Waals surface area contributed by atoms with Crippen LogP contribution in [-0.2, 0) is 10.2 Å². The number of benzene rings is 1. The summed E-state index contributed by atoms with van der Waals surface area (Å²) in [6.45, 7) is 2.94. The third-order valence-corrected chi connectivity index (χ3v) is 5.41. The molecule has 3 rings (SSSR count). The smallest absolute Gasteiger partial charge is 0.314 e. The number of hydrogen-bond acceptors (Lipinski definition) is 3. The molecule has 0 unspecified atom stereocenters. The summed E-state index contributed by atoms with van der Waals surface area (Å²) in [4.78, 5) is 12.2. The zero-order valence-corrected chi connectivity index (χ0v) is 14.5. The van der Waals surface area contributed by atoms with Gasteiger partial charge in [-0.2, -0.15) is 0 Å². The zero-order chi connectivity index (χ0) is 16.8. The van der Waals surface area contributed by atoms with Crippen LogP contribution in [0, 0.1) is 5.92 Å². The minimum atomic E-state index is -0.0731. The Labute approximate surface area is 144 Å². The summed E-state index contributed by atoms with van der Waals surface area (Å²) < 4.78 is 10.7. The van der Waals surface area contributed by atoms with Crippen molar-refractivity contribution < 1.29 is 14.3 Å². The van der Waals surface area contributed by atoms with E-state index in [1.165, 1.54) is 18.4 Å². The minimum absolute atomic E-state index is 0.0301. The second-order valence-electron chi connectivity index (χ2n) is 7.01. The topological polar surface area (TPSA) is 59.6 Å². The van der Waals surface area contributed by atoms with Crippen LogP contribution >= 0.6 is 0 Å². The summed E-state index contributed by atoms with van der Waals surface area (Å²) in [6, 6.07) is 8.20. The Morgan fingerprint density at radius 2 is 2.17 bits per heavy atom. The molecule has 2 aliphatic rings. The van der Waals surface area contributed by atoms with Gasteiger partial charge >= 0.3 is 6.03 Å². The van der Waals surface area contributed by atoms with Crippen LogP contribution in [0.5, 0.6) is 5.75 Å². The summed E-state index contributed by atoms with van der Waals surface area (Å²) in [7, 11) is 1.69. The maximum absolute atomic E-state index is 12.2. The fourth-order valence-corrected chi connectivity index (χ4v) is 3.87. The molecular weight excluding hydrogens is 304 g/mol. The number of rotatable bonds is 6. The molecule has 5 heteroatoms. The summed E-state index contributed by atoms with van der Waals surface area (Å²) in [5.41, 5.74) is 1.30. The minimum Gasteiger partial charge on any atom is -0.497 e. The fraction of sp³-hybridized carbons (Fsp3) is 0.632. The van der Waals surface area contributed by atoms with Gasteiger partial charge in [-0.25, -0.2) is 4.79 Å². The van der Waals surface area contributed by atoms with Gasteiger partial charge in [0.2, 0.25) is 0 Å². The molecular formula is C19H28N2O3. The number of nitrogens with one attached hydrogen (secondary N) is 2. The lowest BCUT2D eigenvalue weighted by Gasteiger charge is -2.30. The lowest BCUT2D eigenvalue weighted by molar-refractivity contribution is 0.185. The Hall–Kier alpha value is -1.75. The molecule has 2 amide bonds. The third kappa shape index (κ3) is 4.01. The van der Waals surface area contributed by atoms with Crippen molar-refractivity contribution in [1.82, 2.24) is 10.6 Å². The van der Waals surface area contributed by atoms with E-state index in [2.05, 4.69) is 22.8 Å². The molecule has 1 atom stereocenters. The summed E-state index contributed by atoms with van der Waals surface area (Å²) in [5.74, 6) is 1.33. The number of urea groups is 1. The molecule has 1 aliphatic heterocycles. The van der Waals surface area contributed by atoms with Gasteiger partial charge in [0.05, 0.1) is 13.7 Å². The molecule has 0 radical (unpaired) electrons. The van der Waals surface area contributed by atoms with Crippen molar-refractivity contribution in [1.29, 1.82) is 0 Å². The molecule has 1 saturated heterocycles. The molecule has 132 valence electrons. The van der Waals surface area contributed by atoms with E-state index in [0.29, 0.717) is 19.0 Å². The average Bonchev–Trinajstić information content (AvgIpc) is 3.30.